The van der Waals surface area contributed by atoms with Crippen molar-refractivity contribution in [2.75, 3.05) is 13.1 Å². The number of carbonyl (C=O) groups excluding carboxylic acids is 1. The summed E-state index contributed by atoms with van der Waals surface area (Å²) in [5, 5.41) is 8.00. The Labute approximate surface area is 121 Å². The lowest BCUT2D eigenvalue weighted by molar-refractivity contribution is -0.135. The normalized spacial score (nSPS) is 19.6. The van der Waals surface area contributed by atoms with E-state index in [1.807, 2.05) is 29.6 Å². The van der Waals surface area contributed by atoms with E-state index in [0.717, 1.165) is 44.7 Å². The molecule has 1 N–H and O–H groups in total. The Balaban J connectivity index is 1.82. The van der Waals surface area contributed by atoms with Gasteiger partial charge in [-0.15, -0.1) is 0 Å². The van der Waals surface area contributed by atoms with Crippen molar-refractivity contribution < 1.29 is 4.79 Å². The fourth-order valence-electron chi connectivity index (χ4n) is 2.63. The third-order valence-electron chi connectivity index (χ3n) is 3.82. The number of likely N-dealkylation sites (tertiary alicyclic amines) is 1. The summed E-state index contributed by atoms with van der Waals surface area (Å²) >= 11 is 0. The highest BCUT2D eigenvalue weighted by atomic mass is 16.2. The number of hydrogen-bond acceptors (Lipinski definition) is 3. The standard InChI is InChI=1S/C15H26N4O/c1-4-19-9-7-13(17-19)10-16-14-6-5-8-18(11-14)15(20)12(2)3/h7,9,12,14,16H,4-6,8,10-11H2,1-3H3. The summed E-state index contributed by atoms with van der Waals surface area (Å²) in [4.78, 5) is 14.0. The first-order chi connectivity index (χ1) is 9.60. The largest absolute Gasteiger partial charge is 0.341 e. The maximum absolute atomic E-state index is 12.0. The van der Waals surface area contributed by atoms with Crippen molar-refractivity contribution in [3.63, 3.8) is 0 Å². The molecule has 1 amide bonds. The number of hydrogen-bond donors (Lipinski definition) is 1. The van der Waals surface area contributed by atoms with Crippen molar-refractivity contribution in [1.29, 1.82) is 0 Å². The van der Waals surface area contributed by atoms with Crippen molar-refractivity contribution in [3.05, 3.63) is 18.0 Å². The molecular formula is C15H26N4O. The van der Waals surface area contributed by atoms with Crippen molar-refractivity contribution in [2.45, 2.75) is 52.7 Å². The van der Waals surface area contributed by atoms with Crippen LogP contribution in [0.25, 0.3) is 0 Å². The first-order valence-corrected chi connectivity index (χ1v) is 7.64. The molecule has 1 saturated heterocycles. The molecule has 20 heavy (non-hydrogen) atoms. The van der Waals surface area contributed by atoms with Crippen LogP contribution in [0, 0.1) is 5.92 Å². The van der Waals surface area contributed by atoms with Crippen LogP contribution in [0.1, 0.15) is 39.3 Å². The molecule has 1 aromatic heterocycles. The van der Waals surface area contributed by atoms with E-state index in [2.05, 4.69) is 23.4 Å². The SMILES string of the molecule is CCn1ccc(CNC2CCCN(C(=O)C(C)C)C2)n1. The van der Waals surface area contributed by atoms with Crippen LogP contribution >= 0.6 is 0 Å². The number of rotatable bonds is 5. The molecule has 1 aliphatic rings. The zero-order valence-electron chi connectivity index (χ0n) is 12.8. The minimum Gasteiger partial charge on any atom is -0.341 e. The highest BCUT2D eigenvalue weighted by molar-refractivity contribution is 5.78. The fraction of sp³-hybridized carbons (Fsp3) is 0.733. The molecule has 1 aromatic rings. The lowest BCUT2D eigenvalue weighted by Crippen LogP contribution is -2.48. The molecule has 0 bridgehead atoms. The van der Waals surface area contributed by atoms with E-state index in [1.165, 1.54) is 0 Å². The van der Waals surface area contributed by atoms with Crippen molar-refractivity contribution in [1.82, 2.24) is 20.0 Å². The second-order valence-corrected chi connectivity index (χ2v) is 5.82. The van der Waals surface area contributed by atoms with Gasteiger partial charge in [-0.25, -0.2) is 0 Å². The number of amides is 1. The van der Waals surface area contributed by atoms with Gasteiger partial charge in [0.25, 0.3) is 0 Å². The summed E-state index contributed by atoms with van der Waals surface area (Å²) in [6.45, 7) is 9.43. The second-order valence-electron chi connectivity index (χ2n) is 5.82. The first kappa shape index (κ1) is 15.0. The van der Waals surface area contributed by atoms with Crippen LogP contribution in [-0.2, 0) is 17.9 Å². The number of carbonyl (C=O) groups is 1. The second kappa shape index (κ2) is 6.88. The predicted molar refractivity (Wildman–Crippen MR) is 79.2 cm³/mol. The Kier molecular flexibility index (Phi) is 5.17. The third-order valence-corrected chi connectivity index (χ3v) is 3.82. The number of nitrogens with one attached hydrogen (secondary N) is 1. The van der Waals surface area contributed by atoms with Crippen LogP contribution in [0.5, 0.6) is 0 Å². The van der Waals surface area contributed by atoms with Gasteiger partial charge >= 0.3 is 0 Å². The van der Waals surface area contributed by atoms with Gasteiger partial charge in [0.15, 0.2) is 0 Å². The minimum absolute atomic E-state index is 0.0917. The van der Waals surface area contributed by atoms with E-state index in [0.29, 0.717) is 6.04 Å². The zero-order valence-corrected chi connectivity index (χ0v) is 12.8. The van der Waals surface area contributed by atoms with Gasteiger partial charge in [-0.3, -0.25) is 9.48 Å². The molecule has 5 heteroatoms. The lowest BCUT2D eigenvalue weighted by atomic mass is 10.0. The summed E-state index contributed by atoms with van der Waals surface area (Å²) < 4.78 is 1.94. The Morgan fingerprint density at radius 2 is 2.35 bits per heavy atom. The quantitative estimate of drug-likeness (QED) is 0.891. The van der Waals surface area contributed by atoms with Gasteiger partial charge in [0.1, 0.15) is 0 Å². The summed E-state index contributed by atoms with van der Waals surface area (Å²) in [5.74, 6) is 0.362. The average molecular weight is 278 g/mol. The average Bonchev–Trinajstić information content (AvgIpc) is 2.92. The zero-order chi connectivity index (χ0) is 14.5. The molecular weight excluding hydrogens is 252 g/mol. The molecule has 2 heterocycles. The summed E-state index contributed by atoms with van der Waals surface area (Å²) in [7, 11) is 0. The molecule has 0 spiro atoms. The van der Waals surface area contributed by atoms with Crippen LogP contribution < -0.4 is 5.32 Å². The van der Waals surface area contributed by atoms with Crippen LogP contribution in [0.3, 0.4) is 0 Å². The molecule has 1 fully saturated rings. The highest BCUT2D eigenvalue weighted by Gasteiger charge is 2.24. The summed E-state index contributed by atoms with van der Waals surface area (Å²) in [6.07, 6.45) is 4.22. The molecule has 1 aliphatic heterocycles. The minimum atomic E-state index is 0.0917. The highest BCUT2D eigenvalue weighted by Crippen LogP contribution is 2.13. The topological polar surface area (TPSA) is 50.2 Å². The Hall–Kier alpha value is -1.36. The molecule has 1 atom stereocenters. The molecule has 0 aliphatic carbocycles. The fourth-order valence-corrected chi connectivity index (χ4v) is 2.63. The van der Waals surface area contributed by atoms with Crippen molar-refractivity contribution in [3.8, 4) is 0 Å². The maximum Gasteiger partial charge on any atom is 0.225 e. The van der Waals surface area contributed by atoms with Crippen molar-refractivity contribution in [2.24, 2.45) is 5.92 Å². The molecule has 0 aromatic carbocycles. The van der Waals surface area contributed by atoms with Gasteiger partial charge in [-0.1, -0.05) is 13.8 Å². The van der Waals surface area contributed by atoms with Gasteiger partial charge in [-0.2, -0.15) is 5.10 Å². The summed E-state index contributed by atoms with van der Waals surface area (Å²) in [6, 6.07) is 2.44. The van der Waals surface area contributed by atoms with Gasteiger partial charge < -0.3 is 10.2 Å². The Morgan fingerprint density at radius 1 is 1.55 bits per heavy atom. The van der Waals surface area contributed by atoms with E-state index >= 15 is 0 Å². The summed E-state index contributed by atoms with van der Waals surface area (Å²) in [5.41, 5.74) is 1.07. The maximum atomic E-state index is 12.0. The number of piperidine rings is 1. The smallest absolute Gasteiger partial charge is 0.225 e. The third kappa shape index (κ3) is 3.82. The number of aromatic nitrogens is 2. The Morgan fingerprint density at radius 3 is 3.00 bits per heavy atom. The molecule has 0 radical (unpaired) electrons. The monoisotopic (exact) mass is 278 g/mol. The number of aryl methyl sites for hydroxylation is 1. The van der Waals surface area contributed by atoms with E-state index < -0.39 is 0 Å². The molecule has 112 valence electrons. The van der Waals surface area contributed by atoms with E-state index in [1.54, 1.807) is 0 Å². The predicted octanol–water partition coefficient (Wildman–Crippen LogP) is 1.64. The van der Waals surface area contributed by atoms with Crippen molar-refractivity contribution >= 4 is 5.91 Å². The van der Waals surface area contributed by atoms with Gasteiger partial charge in [0.2, 0.25) is 5.91 Å². The molecule has 2 rings (SSSR count). The van der Waals surface area contributed by atoms with Crippen LogP contribution in [0.4, 0.5) is 0 Å². The van der Waals surface area contributed by atoms with Gasteiger partial charge in [0.05, 0.1) is 5.69 Å². The Bertz CT molecular complexity index is 441. The van der Waals surface area contributed by atoms with Gasteiger partial charge in [-0.05, 0) is 25.8 Å². The molecule has 1 unspecified atom stereocenters. The lowest BCUT2D eigenvalue weighted by Gasteiger charge is -2.34. The van der Waals surface area contributed by atoms with E-state index in [4.69, 9.17) is 0 Å². The van der Waals surface area contributed by atoms with E-state index in [-0.39, 0.29) is 11.8 Å². The van der Waals surface area contributed by atoms with Crippen LogP contribution in [-0.4, -0.2) is 39.7 Å². The first-order valence-electron chi connectivity index (χ1n) is 7.64. The number of nitrogens with zero attached hydrogens (tertiary/aromatic N) is 3. The van der Waals surface area contributed by atoms with Crippen LogP contribution in [0.2, 0.25) is 0 Å². The van der Waals surface area contributed by atoms with Crippen LogP contribution in [0.15, 0.2) is 12.3 Å². The molecule has 0 saturated carbocycles. The van der Waals surface area contributed by atoms with Gasteiger partial charge in [0, 0.05) is 44.3 Å². The van der Waals surface area contributed by atoms with E-state index in [9.17, 15) is 4.79 Å². The molecule has 5 nitrogen and oxygen atoms in total.